The molecular formula is C19H16F5N3OS. The van der Waals surface area contributed by atoms with Gasteiger partial charge in [0.25, 0.3) is 0 Å². The molecule has 1 aliphatic heterocycles. The summed E-state index contributed by atoms with van der Waals surface area (Å²) in [6.45, 7) is 0.216. The minimum atomic E-state index is -2.19. The summed E-state index contributed by atoms with van der Waals surface area (Å²) in [5.41, 5.74) is -0.149. The minimum absolute atomic E-state index is 0.0347. The maximum absolute atomic E-state index is 14.0. The normalized spacial score (nSPS) is 14.1. The van der Waals surface area contributed by atoms with Crippen LogP contribution in [0.1, 0.15) is 5.56 Å². The van der Waals surface area contributed by atoms with E-state index < -0.39 is 34.8 Å². The molecule has 154 valence electrons. The van der Waals surface area contributed by atoms with Gasteiger partial charge in [0.1, 0.15) is 5.69 Å². The second kappa shape index (κ2) is 8.73. The number of benzene rings is 2. The van der Waals surface area contributed by atoms with Crippen molar-refractivity contribution in [2.45, 2.75) is 6.42 Å². The van der Waals surface area contributed by atoms with Gasteiger partial charge in [-0.2, -0.15) is 0 Å². The maximum Gasteiger partial charge on any atom is 0.230 e. The van der Waals surface area contributed by atoms with Crippen molar-refractivity contribution in [3.05, 3.63) is 65.0 Å². The van der Waals surface area contributed by atoms with E-state index in [0.29, 0.717) is 0 Å². The monoisotopic (exact) mass is 429 g/mol. The number of rotatable bonds is 3. The lowest BCUT2D eigenvalue weighted by Crippen LogP contribution is -2.53. The van der Waals surface area contributed by atoms with Crippen molar-refractivity contribution in [3.8, 4) is 0 Å². The van der Waals surface area contributed by atoms with Crippen LogP contribution in [-0.2, 0) is 11.2 Å². The SMILES string of the molecule is O=C(Cc1ccccc1)NC(=S)N1CCN(c2c(F)c(F)c(F)c(F)c2F)CC1. The number of hydrogen-bond acceptors (Lipinski definition) is 3. The Balaban J connectivity index is 1.61. The summed E-state index contributed by atoms with van der Waals surface area (Å²) in [6, 6.07) is 9.03. The molecule has 1 aliphatic rings. The Morgan fingerprint density at radius 3 is 1.93 bits per heavy atom. The second-order valence-electron chi connectivity index (χ2n) is 6.41. The quantitative estimate of drug-likeness (QED) is 0.352. The fourth-order valence-electron chi connectivity index (χ4n) is 3.03. The van der Waals surface area contributed by atoms with Crippen molar-refractivity contribution in [1.29, 1.82) is 0 Å². The molecule has 0 spiro atoms. The zero-order valence-corrected chi connectivity index (χ0v) is 15.8. The zero-order chi connectivity index (χ0) is 21.1. The van der Waals surface area contributed by atoms with Crippen LogP contribution in [-0.4, -0.2) is 42.1 Å². The van der Waals surface area contributed by atoms with Gasteiger partial charge in [-0.15, -0.1) is 0 Å². The van der Waals surface area contributed by atoms with E-state index in [2.05, 4.69) is 5.32 Å². The van der Waals surface area contributed by atoms with Crippen LogP contribution >= 0.6 is 12.2 Å². The van der Waals surface area contributed by atoms with Crippen LogP contribution in [0, 0.1) is 29.1 Å². The number of thiocarbonyl (C=S) groups is 1. The van der Waals surface area contributed by atoms with E-state index in [1.807, 2.05) is 6.07 Å². The Morgan fingerprint density at radius 2 is 1.38 bits per heavy atom. The van der Waals surface area contributed by atoms with Gasteiger partial charge in [-0.1, -0.05) is 30.3 Å². The Bertz CT molecular complexity index is 904. The van der Waals surface area contributed by atoms with Crippen molar-refractivity contribution in [2.75, 3.05) is 31.1 Å². The fraction of sp³-hybridized carbons (Fsp3) is 0.263. The molecule has 1 N–H and O–H groups in total. The lowest BCUT2D eigenvalue weighted by Gasteiger charge is -2.37. The van der Waals surface area contributed by atoms with Crippen molar-refractivity contribution >= 4 is 28.9 Å². The third-order valence-corrected chi connectivity index (χ3v) is 4.88. The maximum atomic E-state index is 14.0. The topological polar surface area (TPSA) is 35.6 Å². The first-order valence-electron chi connectivity index (χ1n) is 8.68. The summed E-state index contributed by atoms with van der Waals surface area (Å²) in [4.78, 5) is 14.8. The van der Waals surface area contributed by atoms with Crippen molar-refractivity contribution in [1.82, 2.24) is 10.2 Å². The Labute approximate surface area is 168 Å². The molecule has 0 aromatic heterocycles. The second-order valence-corrected chi connectivity index (χ2v) is 6.80. The first kappa shape index (κ1) is 21.0. The number of nitrogens with one attached hydrogen (secondary N) is 1. The van der Waals surface area contributed by atoms with E-state index in [0.717, 1.165) is 10.5 Å². The predicted molar refractivity (Wildman–Crippen MR) is 101 cm³/mol. The number of halogens is 5. The molecule has 2 aromatic carbocycles. The first-order chi connectivity index (χ1) is 13.8. The third kappa shape index (κ3) is 4.47. The highest BCUT2D eigenvalue weighted by Crippen LogP contribution is 2.30. The van der Waals surface area contributed by atoms with Gasteiger partial charge in [-0.25, -0.2) is 22.0 Å². The molecule has 1 heterocycles. The molecule has 0 bridgehead atoms. The number of carbonyl (C=O) groups is 1. The molecule has 0 unspecified atom stereocenters. The van der Waals surface area contributed by atoms with Gasteiger partial charge in [-0.3, -0.25) is 4.79 Å². The Kier molecular flexibility index (Phi) is 6.31. The largest absolute Gasteiger partial charge is 0.363 e. The van der Waals surface area contributed by atoms with E-state index in [4.69, 9.17) is 12.2 Å². The van der Waals surface area contributed by atoms with Crippen LogP contribution in [0.4, 0.5) is 27.6 Å². The van der Waals surface area contributed by atoms with Gasteiger partial charge in [0.05, 0.1) is 6.42 Å². The third-order valence-electron chi connectivity index (χ3n) is 4.52. The molecule has 0 atom stereocenters. The summed E-state index contributed by atoms with van der Waals surface area (Å²) >= 11 is 5.19. The van der Waals surface area contributed by atoms with E-state index in [1.165, 1.54) is 0 Å². The molecule has 2 aromatic rings. The van der Waals surface area contributed by atoms with Gasteiger partial charge < -0.3 is 15.1 Å². The van der Waals surface area contributed by atoms with Crippen LogP contribution in [0.15, 0.2) is 30.3 Å². The summed E-state index contributed by atoms with van der Waals surface area (Å²) in [5, 5.41) is 2.73. The molecule has 0 radical (unpaired) electrons. The highest BCUT2D eigenvalue weighted by atomic mass is 32.1. The molecular weight excluding hydrogens is 413 g/mol. The molecule has 29 heavy (non-hydrogen) atoms. The van der Waals surface area contributed by atoms with Crippen molar-refractivity contribution in [2.24, 2.45) is 0 Å². The Morgan fingerprint density at radius 1 is 0.862 bits per heavy atom. The summed E-state index contributed by atoms with van der Waals surface area (Å²) in [7, 11) is 0. The van der Waals surface area contributed by atoms with Gasteiger partial charge >= 0.3 is 0 Å². The number of hydrogen-bond donors (Lipinski definition) is 1. The minimum Gasteiger partial charge on any atom is -0.363 e. The molecule has 10 heteroatoms. The number of piperazine rings is 1. The van der Waals surface area contributed by atoms with E-state index in [-0.39, 0.29) is 43.6 Å². The highest BCUT2D eigenvalue weighted by molar-refractivity contribution is 7.80. The number of amides is 1. The molecule has 1 fully saturated rings. The fourth-order valence-corrected chi connectivity index (χ4v) is 3.32. The zero-order valence-electron chi connectivity index (χ0n) is 15.0. The number of nitrogens with zero attached hydrogens (tertiary/aromatic N) is 2. The van der Waals surface area contributed by atoms with Crippen molar-refractivity contribution < 1.29 is 26.7 Å². The summed E-state index contributed by atoms with van der Waals surface area (Å²) in [6.07, 6.45) is 0.130. The van der Waals surface area contributed by atoms with Gasteiger partial charge in [0.15, 0.2) is 28.4 Å². The van der Waals surface area contributed by atoms with Crippen LogP contribution in [0.2, 0.25) is 0 Å². The van der Waals surface area contributed by atoms with E-state index in [9.17, 15) is 26.7 Å². The summed E-state index contributed by atoms with van der Waals surface area (Å²) in [5.74, 6) is -10.2. The lowest BCUT2D eigenvalue weighted by molar-refractivity contribution is -0.119. The van der Waals surface area contributed by atoms with Gasteiger partial charge in [0, 0.05) is 26.2 Å². The van der Waals surface area contributed by atoms with Crippen LogP contribution in [0.5, 0.6) is 0 Å². The number of anilines is 1. The molecule has 1 saturated heterocycles. The van der Waals surface area contributed by atoms with Crippen LogP contribution < -0.4 is 10.2 Å². The summed E-state index contributed by atoms with van der Waals surface area (Å²) < 4.78 is 68.0. The van der Waals surface area contributed by atoms with E-state index >= 15 is 0 Å². The molecule has 0 saturated carbocycles. The van der Waals surface area contributed by atoms with Crippen molar-refractivity contribution in [3.63, 3.8) is 0 Å². The molecule has 1 amide bonds. The van der Waals surface area contributed by atoms with Crippen LogP contribution in [0.3, 0.4) is 0 Å². The van der Waals surface area contributed by atoms with Crippen LogP contribution in [0.25, 0.3) is 0 Å². The smallest absolute Gasteiger partial charge is 0.230 e. The molecule has 3 rings (SSSR count). The lowest BCUT2D eigenvalue weighted by atomic mass is 10.1. The van der Waals surface area contributed by atoms with Gasteiger partial charge in [0.2, 0.25) is 11.7 Å². The van der Waals surface area contributed by atoms with E-state index in [1.54, 1.807) is 29.2 Å². The number of carbonyl (C=O) groups excluding carboxylic acids is 1. The predicted octanol–water partition coefficient (Wildman–Crippen LogP) is 3.15. The van der Waals surface area contributed by atoms with Gasteiger partial charge in [-0.05, 0) is 17.8 Å². The first-order valence-corrected chi connectivity index (χ1v) is 9.09. The standard InChI is InChI=1S/C19H16F5N3OS/c20-13-14(21)16(23)18(17(24)15(13)22)26-6-8-27(9-7-26)19(29)25-12(28)10-11-4-2-1-3-5-11/h1-5H,6-10H2,(H,25,28,29). The Hall–Kier alpha value is -2.75. The molecule has 4 nitrogen and oxygen atoms in total. The average Bonchev–Trinajstić information content (AvgIpc) is 2.72. The molecule has 0 aliphatic carbocycles. The highest BCUT2D eigenvalue weighted by Gasteiger charge is 2.31. The average molecular weight is 429 g/mol.